The van der Waals surface area contributed by atoms with Crippen LogP contribution in [0, 0.1) is 0 Å². The van der Waals surface area contributed by atoms with Crippen molar-refractivity contribution in [1.82, 2.24) is 9.97 Å². The molecule has 0 aliphatic carbocycles. The fourth-order valence-corrected chi connectivity index (χ4v) is 3.09. The molecule has 19 heavy (non-hydrogen) atoms. The minimum absolute atomic E-state index is 0.458. The number of aromatic nitrogens is 2. The second-order valence-corrected chi connectivity index (χ2v) is 6.04. The third kappa shape index (κ3) is 2.45. The minimum atomic E-state index is 0.458. The summed E-state index contributed by atoms with van der Waals surface area (Å²) >= 11 is 11.2. The van der Waals surface area contributed by atoms with Crippen LogP contribution in [0.2, 0.25) is 5.15 Å². The smallest absolute Gasteiger partial charge is 0.171 e. The molecule has 0 spiro atoms. The zero-order chi connectivity index (χ0) is 13.4. The molecule has 6 heteroatoms. The molecule has 0 amide bonds. The summed E-state index contributed by atoms with van der Waals surface area (Å²) in [5.74, 6) is 1.41. The Labute approximate surface area is 127 Å². The highest BCUT2D eigenvalue weighted by atomic mass is 79.9. The van der Waals surface area contributed by atoms with Gasteiger partial charge in [-0.1, -0.05) is 27.5 Å². The molecule has 2 heterocycles. The standard InChI is InChI=1S/C13H8BrClN2OS/c1-18-8-5-11(19-6-8)13-16-10-4-7(14)2-3-9(10)12(15)17-13/h2-6H,1H3. The number of thiophene rings is 1. The summed E-state index contributed by atoms with van der Waals surface area (Å²) in [6.07, 6.45) is 0. The van der Waals surface area contributed by atoms with Gasteiger partial charge < -0.3 is 4.74 Å². The van der Waals surface area contributed by atoms with Gasteiger partial charge >= 0.3 is 0 Å². The summed E-state index contributed by atoms with van der Waals surface area (Å²) in [4.78, 5) is 9.82. The predicted octanol–water partition coefficient (Wildman–Crippen LogP) is 4.78. The summed E-state index contributed by atoms with van der Waals surface area (Å²) in [5, 5.41) is 3.22. The van der Waals surface area contributed by atoms with Crippen LogP contribution in [-0.2, 0) is 0 Å². The molecule has 0 N–H and O–H groups in total. The van der Waals surface area contributed by atoms with Gasteiger partial charge in [0.15, 0.2) is 5.82 Å². The maximum atomic E-state index is 6.21. The molecule has 0 fully saturated rings. The van der Waals surface area contributed by atoms with Crippen LogP contribution in [0.5, 0.6) is 5.75 Å². The predicted molar refractivity (Wildman–Crippen MR) is 82.1 cm³/mol. The van der Waals surface area contributed by atoms with Crippen LogP contribution in [-0.4, -0.2) is 17.1 Å². The molecule has 0 radical (unpaired) electrons. The van der Waals surface area contributed by atoms with Crippen molar-refractivity contribution in [3.05, 3.63) is 39.3 Å². The Kier molecular flexibility index (Phi) is 3.43. The van der Waals surface area contributed by atoms with Gasteiger partial charge in [-0.25, -0.2) is 9.97 Å². The zero-order valence-electron chi connectivity index (χ0n) is 9.85. The normalized spacial score (nSPS) is 10.9. The molecular formula is C13H8BrClN2OS. The third-order valence-electron chi connectivity index (χ3n) is 2.64. The lowest BCUT2D eigenvalue weighted by atomic mass is 10.2. The van der Waals surface area contributed by atoms with E-state index in [-0.39, 0.29) is 0 Å². The lowest BCUT2D eigenvalue weighted by Gasteiger charge is -2.03. The Morgan fingerprint density at radius 3 is 2.84 bits per heavy atom. The van der Waals surface area contributed by atoms with E-state index >= 15 is 0 Å². The highest BCUT2D eigenvalue weighted by molar-refractivity contribution is 9.10. The molecule has 0 saturated heterocycles. The SMILES string of the molecule is COc1csc(-c2nc(Cl)c3ccc(Br)cc3n2)c1. The van der Waals surface area contributed by atoms with Crippen LogP contribution in [0.3, 0.4) is 0 Å². The lowest BCUT2D eigenvalue weighted by molar-refractivity contribution is 0.417. The largest absolute Gasteiger partial charge is 0.496 e. The molecule has 0 bridgehead atoms. The van der Waals surface area contributed by atoms with E-state index < -0.39 is 0 Å². The van der Waals surface area contributed by atoms with Crippen LogP contribution in [0.25, 0.3) is 21.6 Å². The van der Waals surface area contributed by atoms with Crippen LogP contribution < -0.4 is 4.74 Å². The number of ether oxygens (including phenoxy) is 1. The Bertz CT molecular complexity index is 759. The van der Waals surface area contributed by atoms with Crippen molar-refractivity contribution in [2.75, 3.05) is 7.11 Å². The van der Waals surface area contributed by atoms with Gasteiger partial charge in [0.25, 0.3) is 0 Å². The van der Waals surface area contributed by atoms with E-state index in [0.29, 0.717) is 11.0 Å². The molecule has 3 rings (SSSR count). The first-order valence-electron chi connectivity index (χ1n) is 5.43. The molecule has 0 aliphatic rings. The van der Waals surface area contributed by atoms with Gasteiger partial charge in [0.1, 0.15) is 10.9 Å². The van der Waals surface area contributed by atoms with Gasteiger partial charge in [-0.05, 0) is 18.2 Å². The maximum Gasteiger partial charge on any atom is 0.171 e. The number of fused-ring (bicyclic) bond motifs is 1. The Hall–Kier alpha value is -1.17. The molecule has 0 atom stereocenters. The topological polar surface area (TPSA) is 35.0 Å². The number of methoxy groups -OCH3 is 1. The van der Waals surface area contributed by atoms with Gasteiger partial charge in [0, 0.05) is 21.3 Å². The first-order chi connectivity index (χ1) is 9.17. The van der Waals surface area contributed by atoms with Crippen molar-refractivity contribution in [3.63, 3.8) is 0 Å². The Balaban J connectivity index is 2.19. The van der Waals surface area contributed by atoms with E-state index in [0.717, 1.165) is 26.0 Å². The van der Waals surface area contributed by atoms with Crippen molar-refractivity contribution in [1.29, 1.82) is 0 Å². The first kappa shape index (κ1) is 12.8. The van der Waals surface area contributed by atoms with Crippen molar-refractivity contribution in [2.45, 2.75) is 0 Å². The van der Waals surface area contributed by atoms with E-state index in [4.69, 9.17) is 16.3 Å². The summed E-state index contributed by atoms with van der Waals surface area (Å²) in [7, 11) is 1.64. The number of nitrogens with zero attached hydrogens (tertiary/aromatic N) is 2. The second kappa shape index (κ2) is 5.07. The van der Waals surface area contributed by atoms with Gasteiger partial charge in [-0.2, -0.15) is 0 Å². The first-order valence-corrected chi connectivity index (χ1v) is 7.48. The molecule has 3 nitrogen and oxygen atoms in total. The second-order valence-electron chi connectivity index (χ2n) is 3.85. The molecule has 0 unspecified atom stereocenters. The summed E-state index contributed by atoms with van der Waals surface area (Å²) in [5.41, 5.74) is 0.816. The van der Waals surface area contributed by atoms with Crippen molar-refractivity contribution >= 4 is 49.8 Å². The Morgan fingerprint density at radius 1 is 1.26 bits per heavy atom. The summed E-state index contributed by atoms with van der Waals surface area (Å²) in [6.45, 7) is 0. The van der Waals surface area contributed by atoms with E-state index in [1.54, 1.807) is 7.11 Å². The average Bonchev–Trinajstić information content (AvgIpc) is 2.86. The van der Waals surface area contributed by atoms with Crippen LogP contribution >= 0.6 is 38.9 Å². The summed E-state index contributed by atoms with van der Waals surface area (Å²) < 4.78 is 6.13. The van der Waals surface area contributed by atoms with Gasteiger partial charge in [0.2, 0.25) is 0 Å². The third-order valence-corrected chi connectivity index (χ3v) is 4.33. The van der Waals surface area contributed by atoms with Crippen molar-refractivity contribution in [2.24, 2.45) is 0 Å². The fraction of sp³-hybridized carbons (Fsp3) is 0.0769. The van der Waals surface area contributed by atoms with Gasteiger partial charge in [0.05, 0.1) is 17.5 Å². The van der Waals surface area contributed by atoms with Crippen molar-refractivity contribution in [3.8, 4) is 16.5 Å². The van der Waals surface area contributed by atoms with E-state index in [1.165, 1.54) is 11.3 Å². The fourth-order valence-electron chi connectivity index (χ4n) is 1.72. The number of benzene rings is 1. The van der Waals surface area contributed by atoms with Gasteiger partial charge in [-0.15, -0.1) is 11.3 Å². The quantitative estimate of drug-likeness (QED) is 0.620. The molecule has 96 valence electrons. The number of halogens is 2. The number of hydrogen-bond acceptors (Lipinski definition) is 4. The molecule has 0 saturated carbocycles. The lowest BCUT2D eigenvalue weighted by Crippen LogP contribution is -1.90. The van der Waals surface area contributed by atoms with Crippen LogP contribution in [0.15, 0.2) is 34.1 Å². The summed E-state index contributed by atoms with van der Waals surface area (Å²) in [6, 6.07) is 7.66. The highest BCUT2D eigenvalue weighted by Gasteiger charge is 2.10. The molecule has 0 aliphatic heterocycles. The van der Waals surface area contributed by atoms with Crippen molar-refractivity contribution < 1.29 is 4.74 Å². The average molecular weight is 356 g/mol. The minimum Gasteiger partial charge on any atom is -0.496 e. The van der Waals surface area contributed by atoms with Crippen LogP contribution in [0.1, 0.15) is 0 Å². The monoisotopic (exact) mass is 354 g/mol. The molecular weight excluding hydrogens is 348 g/mol. The number of rotatable bonds is 2. The van der Waals surface area contributed by atoms with E-state index in [1.807, 2.05) is 29.6 Å². The zero-order valence-corrected chi connectivity index (χ0v) is 13.0. The Morgan fingerprint density at radius 2 is 2.11 bits per heavy atom. The molecule has 1 aromatic carbocycles. The van der Waals surface area contributed by atoms with E-state index in [2.05, 4.69) is 25.9 Å². The highest BCUT2D eigenvalue weighted by Crippen LogP contribution is 2.32. The number of hydrogen-bond donors (Lipinski definition) is 0. The van der Waals surface area contributed by atoms with E-state index in [9.17, 15) is 0 Å². The van der Waals surface area contributed by atoms with Crippen LogP contribution in [0.4, 0.5) is 0 Å². The molecule has 3 aromatic rings. The molecule has 2 aromatic heterocycles. The maximum absolute atomic E-state index is 6.21. The van der Waals surface area contributed by atoms with Gasteiger partial charge in [-0.3, -0.25) is 0 Å².